The number of rotatable bonds is 2. The van der Waals surface area contributed by atoms with Gasteiger partial charge in [-0.1, -0.05) is 0 Å². The Morgan fingerprint density at radius 3 is 3.25 bits per heavy atom. The Morgan fingerprint density at radius 1 is 1.56 bits per heavy atom. The van der Waals surface area contributed by atoms with E-state index < -0.39 is 0 Å². The monoisotopic (exact) mass is 219 g/mol. The molecule has 1 aliphatic rings. The van der Waals surface area contributed by atoms with Crippen LogP contribution in [-0.4, -0.2) is 26.2 Å². The van der Waals surface area contributed by atoms with Crippen molar-refractivity contribution in [2.24, 2.45) is 5.73 Å². The Morgan fingerprint density at radius 2 is 2.50 bits per heavy atom. The lowest BCUT2D eigenvalue weighted by Crippen LogP contribution is -2.06. The van der Waals surface area contributed by atoms with E-state index in [1.54, 1.807) is 10.7 Å². The van der Waals surface area contributed by atoms with Crippen molar-refractivity contribution in [1.82, 2.24) is 19.6 Å². The molecule has 6 heteroatoms. The van der Waals surface area contributed by atoms with Crippen molar-refractivity contribution >= 4 is 5.78 Å². The lowest BCUT2D eigenvalue weighted by molar-refractivity contribution is 0.105. The highest BCUT2D eigenvalue weighted by Crippen LogP contribution is 2.26. The minimum Gasteiger partial charge on any atom is -0.370 e. The average molecular weight is 219 g/mol. The molecule has 1 aliphatic heterocycles. The van der Waals surface area contributed by atoms with Crippen LogP contribution in [-0.2, 0) is 11.3 Å². The third-order valence-corrected chi connectivity index (χ3v) is 2.76. The van der Waals surface area contributed by atoms with Crippen molar-refractivity contribution in [3.8, 4) is 0 Å². The zero-order chi connectivity index (χ0) is 11.0. The quantitative estimate of drug-likeness (QED) is 0.792. The smallest absolute Gasteiger partial charge is 0.252 e. The first-order valence-corrected chi connectivity index (χ1v) is 5.40. The predicted octanol–water partition coefficient (Wildman–Crippen LogP) is 0.434. The number of hydrogen-bond donors (Lipinski definition) is 1. The fourth-order valence-electron chi connectivity index (χ4n) is 1.93. The summed E-state index contributed by atoms with van der Waals surface area (Å²) in [5.41, 5.74) is 6.54. The van der Waals surface area contributed by atoms with Gasteiger partial charge in [-0.2, -0.15) is 9.50 Å². The summed E-state index contributed by atoms with van der Waals surface area (Å²) in [6.45, 7) is 1.21. The second-order valence-corrected chi connectivity index (χ2v) is 3.82. The molecule has 0 aliphatic carbocycles. The molecule has 2 aromatic rings. The largest absolute Gasteiger partial charge is 0.370 e. The molecule has 16 heavy (non-hydrogen) atoms. The minimum absolute atomic E-state index is 0.0207. The molecule has 2 N–H and O–H groups in total. The molecule has 1 fully saturated rings. The summed E-state index contributed by atoms with van der Waals surface area (Å²) in [4.78, 5) is 8.52. The van der Waals surface area contributed by atoms with Crippen LogP contribution in [0, 0.1) is 0 Å². The van der Waals surface area contributed by atoms with E-state index in [2.05, 4.69) is 15.1 Å². The molecule has 0 aromatic carbocycles. The zero-order valence-corrected chi connectivity index (χ0v) is 8.83. The number of nitrogens with two attached hydrogens (primary N) is 1. The van der Waals surface area contributed by atoms with Gasteiger partial charge in [0.2, 0.25) is 0 Å². The van der Waals surface area contributed by atoms with E-state index in [1.165, 1.54) is 0 Å². The molecule has 0 amide bonds. The first-order valence-electron chi connectivity index (χ1n) is 5.40. The highest BCUT2D eigenvalue weighted by molar-refractivity contribution is 5.29. The van der Waals surface area contributed by atoms with E-state index in [0.29, 0.717) is 18.1 Å². The van der Waals surface area contributed by atoms with Crippen molar-refractivity contribution in [2.45, 2.75) is 25.5 Å². The van der Waals surface area contributed by atoms with Gasteiger partial charge in [-0.05, 0) is 18.9 Å². The number of fused-ring (bicyclic) bond motifs is 1. The highest BCUT2D eigenvalue weighted by Gasteiger charge is 2.22. The van der Waals surface area contributed by atoms with Crippen LogP contribution in [0.15, 0.2) is 12.3 Å². The standard InChI is InChI=1S/C10H13N5O/c11-6-7-3-4-12-10-13-9(14-15(7)10)8-2-1-5-16-8/h3-4,8H,1-2,5-6,11H2. The van der Waals surface area contributed by atoms with Crippen LogP contribution in [0.1, 0.15) is 30.5 Å². The van der Waals surface area contributed by atoms with Gasteiger partial charge < -0.3 is 10.5 Å². The number of hydrogen-bond acceptors (Lipinski definition) is 5. The van der Waals surface area contributed by atoms with Gasteiger partial charge in [0.1, 0.15) is 6.10 Å². The van der Waals surface area contributed by atoms with Crippen LogP contribution in [0.2, 0.25) is 0 Å². The van der Waals surface area contributed by atoms with Crippen molar-refractivity contribution in [3.05, 3.63) is 23.8 Å². The molecule has 1 saturated heterocycles. The Bertz CT molecular complexity index is 503. The summed E-state index contributed by atoms with van der Waals surface area (Å²) in [7, 11) is 0. The Balaban J connectivity index is 2.07. The molecule has 1 atom stereocenters. The third kappa shape index (κ3) is 1.46. The topological polar surface area (TPSA) is 78.3 Å². The highest BCUT2D eigenvalue weighted by atomic mass is 16.5. The van der Waals surface area contributed by atoms with Crippen molar-refractivity contribution in [1.29, 1.82) is 0 Å². The Kier molecular flexibility index (Phi) is 2.30. The van der Waals surface area contributed by atoms with Crippen LogP contribution in [0.4, 0.5) is 0 Å². The molecular weight excluding hydrogens is 206 g/mol. The van der Waals surface area contributed by atoms with E-state index in [-0.39, 0.29) is 6.10 Å². The molecule has 0 saturated carbocycles. The maximum atomic E-state index is 5.63. The average Bonchev–Trinajstić information content (AvgIpc) is 2.96. The summed E-state index contributed by atoms with van der Waals surface area (Å²) in [6, 6.07) is 1.85. The zero-order valence-electron chi connectivity index (χ0n) is 8.83. The van der Waals surface area contributed by atoms with Gasteiger partial charge >= 0.3 is 0 Å². The van der Waals surface area contributed by atoms with Crippen LogP contribution in [0.3, 0.4) is 0 Å². The molecule has 0 radical (unpaired) electrons. The van der Waals surface area contributed by atoms with Gasteiger partial charge in [0, 0.05) is 19.3 Å². The van der Waals surface area contributed by atoms with Gasteiger partial charge in [0.05, 0.1) is 5.69 Å². The molecule has 0 spiro atoms. The molecule has 3 heterocycles. The molecule has 1 unspecified atom stereocenters. The van der Waals surface area contributed by atoms with E-state index in [4.69, 9.17) is 10.5 Å². The van der Waals surface area contributed by atoms with Gasteiger partial charge in [0.15, 0.2) is 5.82 Å². The lowest BCUT2D eigenvalue weighted by atomic mass is 10.2. The SMILES string of the molecule is NCc1ccnc2nc(C3CCCO3)nn12. The number of aromatic nitrogens is 4. The predicted molar refractivity (Wildman–Crippen MR) is 56.6 cm³/mol. The van der Waals surface area contributed by atoms with Crippen molar-refractivity contribution < 1.29 is 4.74 Å². The summed E-state index contributed by atoms with van der Waals surface area (Å²) in [6.07, 6.45) is 3.77. The lowest BCUT2D eigenvalue weighted by Gasteiger charge is -2.01. The normalized spacial score (nSPS) is 20.7. The fraction of sp³-hybridized carbons (Fsp3) is 0.500. The van der Waals surface area contributed by atoms with Crippen molar-refractivity contribution in [3.63, 3.8) is 0 Å². The van der Waals surface area contributed by atoms with Gasteiger partial charge in [-0.25, -0.2) is 4.98 Å². The first-order chi connectivity index (χ1) is 7.88. The molecule has 2 aromatic heterocycles. The van der Waals surface area contributed by atoms with Gasteiger partial charge in [0.25, 0.3) is 5.78 Å². The summed E-state index contributed by atoms with van der Waals surface area (Å²) in [5.74, 6) is 1.30. The second kappa shape index (κ2) is 3.80. The van der Waals surface area contributed by atoms with Crippen LogP contribution >= 0.6 is 0 Å². The Hall–Kier alpha value is -1.53. The van der Waals surface area contributed by atoms with E-state index in [1.807, 2.05) is 6.07 Å². The molecule has 3 rings (SSSR count). The first kappa shape index (κ1) is 9.68. The molecule has 6 nitrogen and oxygen atoms in total. The van der Waals surface area contributed by atoms with Crippen LogP contribution in [0.5, 0.6) is 0 Å². The third-order valence-electron chi connectivity index (χ3n) is 2.76. The second-order valence-electron chi connectivity index (χ2n) is 3.82. The van der Waals surface area contributed by atoms with Crippen LogP contribution < -0.4 is 5.73 Å². The number of ether oxygens (including phenoxy) is 1. The van der Waals surface area contributed by atoms with E-state index >= 15 is 0 Å². The van der Waals surface area contributed by atoms with E-state index in [0.717, 1.165) is 25.1 Å². The maximum Gasteiger partial charge on any atom is 0.252 e. The molecular formula is C10H13N5O. The summed E-state index contributed by atoms with van der Waals surface area (Å²) >= 11 is 0. The summed E-state index contributed by atoms with van der Waals surface area (Å²) < 4.78 is 7.24. The van der Waals surface area contributed by atoms with Crippen LogP contribution in [0.25, 0.3) is 5.78 Å². The minimum atomic E-state index is 0.0207. The Labute approximate surface area is 92.4 Å². The summed E-state index contributed by atoms with van der Waals surface area (Å²) in [5, 5.41) is 4.40. The van der Waals surface area contributed by atoms with Crippen molar-refractivity contribution in [2.75, 3.05) is 6.61 Å². The molecule has 84 valence electrons. The van der Waals surface area contributed by atoms with E-state index in [9.17, 15) is 0 Å². The fourth-order valence-corrected chi connectivity index (χ4v) is 1.93. The number of nitrogens with zero attached hydrogens (tertiary/aromatic N) is 4. The molecule has 0 bridgehead atoms. The van der Waals surface area contributed by atoms with Gasteiger partial charge in [-0.15, -0.1) is 5.10 Å². The maximum absolute atomic E-state index is 5.63. The van der Waals surface area contributed by atoms with Gasteiger partial charge in [-0.3, -0.25) is 0 Å².